The first-order valence-corrected chi connectivity index (χ1v) is 5.84. The van der Waals surface area contributed by atoms with Crippen molar-refractivity contribution >= 4 is 5.91 Å². The number of hydrogen-bond donors (Lipinski definition) is 2. The van der Waals surface area contributed by atoms with Gasteiger partial charge in [-0.05, 0) is 25.0 Å². The molecule has 1 saturated heterocycles. The number of hydrogen-bond acceptors (Lipinski definition) is 4. The van der Waals surface area contributed by atoms with Crippen LogP contribution < -0.4 is 5.32 Å². The average molecular weight is 239 g/mol. The molecule has 1 aliphatic rings. The van der Waals surface area contributed by atoms with Crippen molar-refractivity contribution in [3.05, 3.63) is 24.2 Å². The van der Waals surface area contributed by atoms with Crippen LogP contribution in [0.3, 0.4) is 0 Å². The molecule has 1 amide bonds. The third-order valence-corrected chi connectivity index (χ3v) is 2.87. The summed E-state index contributed by atoms with van der Waals surface area (Å²) in [4.78, 5) is 11.7. The lowest BCUT2D eigenvalue weighted by atomic mass is 10.0. The first-order valence-electron chi connectivity index (χ1n) is 5.84. The van der Waals surface area contributed by atoms with Gasteiger partial charge in [-0.25, -0.2) is 0 Å². The number of rotatable bonds is 4. The molecule has 94 valence electrons. The van der Waals surface area contributed by atoms with Gasteiger partial charge in [0.15, 0.2) is 0 Å². The molecule has 0 radical (unpaired) electrons. The second-order valence-electron chi connectivity index (χ2n) is 4.19. The molecule has 1 aliphatic heterocycles. The van der Waals surface area contributed by atoms with E-state index >= 15 is 0 Å². The van der Waals surface area contributed by atoms with Crippen molar-refractivity contribution in [2.24, 2.45) is 5.92 Å². The summed E-state index contributed by atoms with van der Waals surface area (Å²) in [5.74, 6) is 0.313. The van der Waals surface area contributed by atoms with E-state index in [1.165, 1.54) is 6.26 Å². The normalized spacial score (nSPS) is 22.1. The third kappa shape index (κ3) is 3.31. The van der Waals surface area contributed by atoms with E-state index in [2.05, 4.69) is 5.32 Å². The van der Waals surface area contributed by atoms with Crippen LogP contribution in [0.15, 0.2) is 22.8 Å². The van der Waals surface area contributed by atoms with Gasteiger partial charge in [-0.1, -0.05) is 0 Å². The molecule has 0 bridgehead atoms. The quantitative estimate of drug-likeness (QED) is 0.817. The van der Waals surface area contributed by atoms with Crippen molar-refractivity contribution in [1.29, 1.82) is 0 Å². The fraction of sp³-hybridized carbons (Fsp3) is 0.583. The molecule has 0 spiro atoms. The minimum atomic E-state index is -0.793. The highest BCUT2D eigenvalue weighted by molar-refractivity contribution is 5.78. The van der Waals surface area contributed by atoms with Gasteiger partial charge in [0.05, 0.1) is 25.3 Å². The minimum Gasteiger partial charge on any atom is -0.467 e. The molecular formula is C12H17NO4. The summed E-state index contributed by atoms with van der Waals surface area (Å²) >= 11 is 0. The Hall–Kier alpha value is -1.33. The summed E-state index contributed by atoms with van der Waals surface area (Å²) < 4.78 is 10.3. The highest BCUT2D eigenvalue weighted by Gasteiger charge is 2.22. The van der Waals surface area contributed by atoms with Crippen molar-refractivity contribution in [3.8, 4) is 0 Å². The van der Waals surface area contributed by atoms with E-state index in [0.717, 1.165) is 19.4 Å². The van der Waals surface area contributed by atoms with Gasteiger partial charge in [0, 0.05) is 6.61 Å². The van der Waals surface area contributed by atoms with Gasteiger partial charge < -0.3 is 19.6 Å². The molecule has 1 fully saturated rings. The van der Waals surface area contributed by atoms with Crippen LogP contribution in [-0.4, -0.2) is 30.8 Å². The zero-order chi connectivity index (χ0) is 12.1. The molecular weight excluding hydrogens is 222 g/mol. The molecule has 2 N–H and O–H groups in total. The number of carbonyl (C=O) groups is 1. The van der Waals surface area contributed by atoms with Crippen LogP contribution in [0, 0.1) is 5.92 Å². The molecule has 17 heavy (non-hydrogen) atoms. The van der Waals surface area contributed by atoms with Crippen LogP contribution in [0.2, 0.25) is 0 Å². The van der Waals surface area contributed by atoms with Gasteiger partial charge in [0.25, 0.3) is 0 Å². The van der Waals surface area contributed by atoms with E-state index in [1.54, 1.807) is 12.1 Å². The Bertz CT molecular complexity index is 343. The zero-order valence-electron chi connectivity index (χ0n) is 9.59. The maximum absolute atomic E-state index is 11.7. The number of aliphatic hydroxyl groups excluding tert-OH is 1. The second kappa shape index (κ2) is 5.84. The van der Waals surface area contributed by atoms with Crippen LogP contribution >= 0.6 is 0 Å². The Kier molecular flexibility index (Phi) is 4.17. The van der Waals surface area contributed by atoms with E-state index in [-0.39, 0.29) is 18.4 Å². The molecule has 2 unspecified atom stereocenters. The largest absolute Gasteiger partial charge is 0.467 e. The summed E-state index contributed by atoms with van der Waals surface area (Å²) in [6, 6.07) is 3.38. The van der Waals surface area contributed by atoms with E-state index < -0.39 is 6.10 Å². The standard InChI is InChI=1S/C12H17NO4/c14-10(11-4-2-6-17-11)7-13-12(15)9-3-1-5-16-8-9/h2,4,6,9-10,14H,1,3,5,7-8H2,(H,13,15). The molecule has 5 nitrogen and oxygen atoms in total. The monoisotopic (exact) mass is 239 g/mol. The Morgan fingerprint density at radius 1 is 1.65 bits per heavy atom. The first-order chi connectivity index (χ1) is 8.27. The Labute approximate surface area is 99.8 Å². The lowest BCUT2D eigenvalue weighted by Crippen LogP contribution is -2.37. The van der Waals surface area contributed by atoms with Gasteiger partial charge in [-0.2, -0.15) is 0 Å². The fourth-order valence-electron chi connectivity index (χ4n) is 1.87. The molecule has 0 aliphatic carbocycles. The molecule has 2 rings (SSSR count). The lowest BCUT2D eigenvalue weighted by molar-refractivity contribution is -0.129. The lowest BCUT2D eigenvalue weighted by Gasteiger charge is -2.21. The van der Waals surface area contributed by atoms with E-state index in [4.69, 9.17) is 9.15 Å². The molecule has 2 atom stereocenters. The van der Waals surface area contributed by atoms with Gasteiger partial charge in [0.2, 0.25) is 5.91 Å². The topological polar surface area (TPSA) is 71.7 Å². The number of carbonyl (C=O) groups excluding carboxylic acids is 1. The molecule has 0 aromatic carbocycles. The number of ether oxygens (including phenoxy) is 1. The molecule has 1 aromatic heterocycles. The number of furan rings is 1. The summed E-state index contributed by atoms with van der Waals surface area (Å²) in [7, 11) is 0. The van der Waals surface area contributed by atoms with Crippen molar-refractivity contribution in [2.45, 2.75) is 18.9 Å². The Balaban J connectivity index is 1.75. The van der Waals surface area contributed by atoms with E-state index in [9.17, 15) is 9.90 Å². The third-order valence-electron chi connectivity index (χ3n) is 2.87. The summed E-state index contributed by atoms with van der Waals surface area (Å²) in [5.41, 5.74) is 0. The molecule has 2 heterocycles. The Morgan fingerprint density at radius 2 is 2.53 bits per heavy atom. The van der Waals surface area contributed by atoms with Crippen LogP contribution in [0.25, 0.3) is 0 Å². The predicted molar refractivity (Wildman–Crippen MR) is 60.2 cm³/mol. The molecule has 5 heteroatoms. The van der Waals surface area contributed by atoms with Crippen molar-refractivity contribution in [3.63, 3.8) is 0 Å². The predicted octanol–water partition coefficient (Wildman–Crippen LogP) is 0.856. The number of amides is 1. The van der Waals surface area contributed by atoms with Gasteiger partial charge >= 0.3 is 0 Å². The maximum Gasteiger partial charge on any atom is 0.225 e. The van der Waals surface area contributed by atoms with Crippen LogP contribution in [0.5, 0.6) is 0 Å². The molecule has 1 aromatic rings. The SMILES string of the molecule is O=C(NCC(O)c1ccco1)C1CCCOC1. The minimum absolute atomic E-state index is 0.0599. The second-order valence-corrected chi connectivity index (χ2v) is 4.19. The number of aliphatic hydroxyl groups is 1. The summed E-state index contributed by atoms with van der Waals surface area (Å²) in [6.07, 6.45) is 2.47. The highest BCUT2D eigenvalue weighted by Crippen LogP contribution is 2.15. The van der Waals surface area contributed by atoms with Crippen molar-refractivity contribution in [1.82, 2.24) is 5.32 Å². The van der Waals surface area contributed by atoms with E-state index in [1.807, 2.05) is 0 Å². The molecule has 0 saturated carbocycles. The van der Waals surface area contributed by atoms with E-state index in [0.29, 0.717) is 12.4 Å². The summed E-state index contributed by atoms with van der Waals surface area (Å²) in [6.45, 7) is 1.38. The van der Waals surface area contributed by atoms with Crippen molar-refractivity contribution in [2.75, 3.05) is 19.8 Å². The average Bonchev–Trinajstić information content (AvgIpc) is 2.90. The van der Waals surface area contributed by atoms with Crippen molar-refractivity contribution < 1.29 is 19.1 Å². The smallest absolute Gasteiger partial charge is 0.225 e. The van der Waals surface area contributed by atoms with Crippen LogP contribution in [0.1, 0.15) is 24.7 Å². The summed E-state index contributed by atoms with van der Waals surface area (Å²) in [5, 5.41) is 12.4. The van der Waals surface area contributed by atoms with Crippen LogP contribution in [0.4, 0.5) is 0 Å². The first kappa shape index (κ1) is 12.1. The number of nitrogens with one attached hydrogen (secondary N) is 1. The zero-order valence-corrected chi connectivity index (χ0v) is 9.59. The highest BCUT2D eigenvalue weighted by atomic mass is 16.5. The van der Waals surface area contributed by atoms with Gasteiger partial charge in [-0.15, -0.1) is 0 Å². The van der Waals surface area contributed by atoms with Crippen LogP contribution in [-0.2, 0) is 9.53 Å². The van der Waals surface area contributed by atoms with Gasteiger partial charge in [-0.3, -0.25) is 4.79 Å². The Morgan fingerprint density at radius 3 is 3.18 bits per heavy atom. The fourth-order valence-corrected chi connectivity index (χ4v) is 1.87. The maximum atomic E-state index is 11.7. The van der Waals surface area contributed by atoms with Gasteiger partial charge in [0.1, 0.15) is 11.9 Å².